The van der Waals surface area contributed by atoms with Crippen molar-refractivity contribution in [2.75, 3.05) is 30.4 Å². The zero-order valence-corrected chi connectivity index (χ0v) is 13.6. The Morgan fingerprint density at radius 1 is 1.22 bits per heavy atom. The van der Waals surface area contributed by atoms with Gasteiger partial charge in [0.1, 0.15) is 5.82 Å². The number of halogens is 1. The van der Waals surface area contributed by atoms with Crippen molar-refractivity contribution < 1.29 is 23.9 Å². The first-order valence-electron chi connectivity index (χ1n) is 6.97. The van der Waals surface area contributed by atoms with E-state index in [1.165, 1.54) is 40.9 Å². The van der Waals surface area contributed by atoms with Crippen molar-refractivity contribution in [3.63, 3.8) is 0 Å². The van der Waals surface area contributed by atoms with E-state index in [-0.39, 0.29) is 42.8 Å². The first-order valence-corrected chi connectivity index (χ1v) is 8.13. The number of carboxylic acids is 1. The fourth-order valence-corrected chi connectivity index (χ4v) is 2.35. The maximum atomic E-state index is 12.7. The van der Waals surface area contributed by atoms with Crippen molar-refractivity contribution in [1.82, 2.24) is 4.90 Å². The number of carbonyl (C=O) groups excluding carboxylic acids is 2. The zero-order chi connectivity index (χ0) is 17.2. The van der Waals surface area contributed by atoms with Crippen molar-refractivity contribution in [1.29, 1.82) is 0 Å². The summed E-state index contributed by atoms with van der Waals surface area (Å²) in [5.74, 6) is -1.05. The predicted octanol–water partition coefficient (Wildman–Crippen LogP) is 1.82. The highest BCUT2D eigenvalue weighted by Crippen LogP contribution is 2.10. The van der Waals surface area contributed by atoms with Crippen LogP contribution in [0, 0.1) is 5.82 Å². The van der Waals surface area contributed by atoms with Crippen molar-refractivity contribution in [2.45, 2.75) is 12.8 Å². The second-order valence-electron chi connectivity index (χ2n) is 4.82. The van der Waals surface area contributed by atoms with Crippen LogP contribution < -0.4 is 5.32 Å². The molecule has 2 N–H and O–H groups in total. The maximum Gasteiger partial charge on any atom is 0.305 e. The van der Waals surface area contributed by atoms with Crippen LogP contribution in [0.5, 0.6) is 0 Å². The molecule has 0 aliphatic heterocycles. The van der Waals surface area contributed by atoms with Gasteiger partial charge in [0, 0.05) is 31.5 Å². The van der Waals surface area contributed by atoms with Crippen LogP contribution >= 0.6 is 11.8 Å². The number of thioether (sulfide) groups is 1. The van der Waals surface area contributed by atoms with E-state index in [9.17, 15) is 18.8 Å². The van der Waals surface area contributed by atoms with Gasteiger partial charge in [-0.05, 0) is 24.3 Å². The van der Waals surface area contributed by atoms with E-state index in [4.69, 9.17) is 5.11 Å². The number of rotatable bonds is 9. The summed E-state index contributed by atoms with van der Waals surface area (Å²) in [5.41, 5.74) is 0.515. The molecule has 126 valence electrons. The third kappa shape index (κ3) is 8.20. The van der Waals surface area contributed by atoms with E-state index in [1.54, 1.807) is 7.05 Å². The molecule has 2 amide bonds. The van der Waals surface area contributed by atoms with Crippen molar-refractivity contribution in [3.05, 3.63) is 30.1 Å². The van der Waals surface area contributed by atoms with Crippen LogP contribution in [0.3, 0.4) is 0 Å². The Balaban J connectivity index is 2.18. The average molecular weight is 342 g/mol. The molecule has 1 rings (SSSR count). The second-order valence-corrected chi connectivity index (χ2v) is 5.92. The molecular weight excluding hydrogens is 323 g/mol. The largest absolute Gasteiger partial charge is 0.481 e. The van der Waals surface area contributed by atoms with Crippen LogP contribution in [0.1, 0.15) is 12.8 Å². The van der Waals surface area contributed by atoms with Crippen LogP contribution in [0.4, 0.5) is 10.1 Å². The van der Waals surface area contributed by atoms with Gasteiger partial charge in [-0.3, -0.25) is 14.4 Å². The standard InChI is InChI=1S/C15H19FN2O4S/c1-18(8-6-15(21)22)14(20)7-9-23-10-13(19)17-12-4-2-11(16)3-5-12/h2-5H,6-10H2,1H3,(H,17,19)(H,21,22). The van der Waals surface area contributed by atoms with Crippen LogP contribution in [-0.4, -0.2) is 52.9 Å². The number of nitrogens with zero attached hydrogens (tertiary/aromatic N) is 1. The molecule has 1 aromatic rings. The molecule has 6 nitrogen and oxygen atoms in total. The molecule has 0 heterocycles. The number of amides is 2. The van der Waals surface area contributed by atoms with Crippen LogP contribution in [0.25, 0.3) is 0 Å². The van der Waals surface area contributed by atoms with Crippen molar-refractivity contribution in [2.24, 2.45) is 0 Å². The van der Waals surface area contributed by atoms with Crippen molar-refractivity contribution in [3.8, 4) is 0 Å². The highest BCUT2D eigenvalue weighted by atomic mass is 32.2. The molecule has 0 unspecified atom stereocenters. The molecule has 0 atom stereocenters. The Morgan fingerprint density at radius 3 is 2.48 bits per heavy atom. The monoisotopic (exact) mass is 342 g/mol. The smallest absolute Gasteiger partial charge is 0.305 e. The summed E-state index contributed by atoms with van der Waals surface area (Å²) >= 11 is 1.30. The van der Waals surface area contributed by atoms with E-state index >= 15 is 0 Å². The Bertz CT molecular complexity index is 551. The van der Waals surface area contributed by atoms with Gasteiger partial charge < -0.3 is 15.3 Å². The second kappa shape index (κ2) is 9.83. The number of aliphatic carboxylic acids is 1. The molecule has 23 heavy (non-hydrogen) atoms. The number of carboxylic acid groups (broad SMARTS) is 1. The van der Waals surface area contributed by atoms with E-state index in [2.05, 4.69) is 5.32 Å². The molecule has 0 saturated heterocycles. The third-order valence-electron chi connectivity index (χ3n) is 2.91. The molecular formula is C15H19FN2O4S. The van der Waals surface area contributed by atoms with Gasteiger partial charge in [0.2, 0.25) is 11.8 Å². The van der Waals surface area contributed by atoms with E-state index in [0.717, 1.165) is 0 Å². The topological polar surface area (TPSA) is 86.7 Å². The maximum absolute atomic E-state index is 12.7. The first-order chi connectivity index (χ1) is 10.9. The van der Waals surface area contributed by atoms with Crippen molar-refractivity contribution >= 4 is 35.2 Å². The van der Waals surface area contributed by atoms with Gasteiger partial charge >= 0.3 is 5.97 Å². The normalized spacial score (nSPS) is 10.2. The lowest BCUT2D eigenvalue weighted by atomic mass is 10.3. The zero-order valence-electron chi connectivity index (χ0n) is 12.8. The molecule has 0 bridgehead atoms. The van der Waals surface area contributed by atoms with Gasteiger partial charge in [-0.15, -0.1) is 0 Å². The molecule has 0 aliphatic rings. The predicted molar refractivity (Wildman–Crippen MR) is 86.9 cm³/mol. The summed E-state index contributed by atoms with van der Waals surface area (Å²) in [6.45, 7) is 0.171. The van der Waals surface area contributed by atoms with E-state index < -0.39 is 5.97 Å². The summed E-state index contributed by atoms with van der Waals surface area (Å²) in [7, 11) is 1.55. The number of hydrogen-bond acceptors (Lipinski definition) is 4. The minimum Gasteiger partial charge on any atom is -0.481 e. The Kier molecular flexibility index (Phi) is 8.10. The molecule has 0 aliphatic carbocycles. The molecule has 0 aromatic heterocycles. The molecule has 0 saturated carbocycles. The first kappa shape index (κ1) is 19.0. The number of hydrogen-bond donors (Lipinski definition) is 2. The Labute approximate surface area is 138 Å². The number of nitrogens with one attached hydrogen (secondary N) is 1. The number of anilines is 1. The van der Waals surface area contributed by atoms with Crippen LogP contribution in [-0.2, 0) is 14.4 Å². The Morgan fingerprint density at radius 2 is 1.87 bits per heavy atom. The van der Waals surface area contributed by atoms with Gasteiger partial charge in [0.25, 0.3) is 0 Å². The third-order valence-corrected chi connectivity index (χ3v) is 3.87. The summed E-state index contributed by atoms with van der Waals surface area (Å²) in [4.78, 5) is 35.2. The highest BCUT2D eigenvalue weighted by Gasteiger charge is 2.10. The lowest BCUT2D eigenvalue weighted by Crippen LogP contribution is -2.29. The molecule has 0 radical (unpaired) electrons. The fraction of sp³-hybridized carbons (Fsp3) is 0.400. The lowest BCUT2D eigenvalue weighted by Gasteiger charge is -2.15. The minimum absolute atomic E-state index is 0.0878. The van der Waals surface area contributed by atoms with Gasteiger partial charge in [-0.2, -0.15) is 11.8 Å². The lowest BCUT2D eigenvalue weighted by molar-refractivity contribution is -0.138. The number of carbonyl (C=O) groups is 3. The average Bonchev–Trinajstić information content (AvgIpc) is 2.51. The molecule has 0 fully saturated rings. The van der Waals surface area contributed by atoms with Gasteiger partial charge in [-0.1, -0.05) is 0 Å². The fourth-order valence-electron chi connectivity index (χ4n) is 1.63. The summed E-state index contributed by atoms with van der Waals surface area (Å²) in [5, 5.41) is 11.2. The minimum atomic E-state index is -0.948. The molecule has 8 heteroatoms. The van der Waals surface area contributed by atoms with Crippen LogP contribution in [0.2, 0.25) is 0 Å². The quantitative estimate of drug-likeness (QED) is 0.669. The molecule has 0 spiro atoms. The number of benzene rings is 1. The van der Waals surface area contributed by atoms with Gasteiger partial charge in [0.05, 0.1) is 12.2 Å². The van der Waals surface area contributed by atoms with Gasteiger partial charge in [-0.25, -0.2) is 4.39 Å². The molecule has 1 aromatic carbocycles. The summed E-state index contributed by atoms with van der Waals surface area (Å²) in [6, 6.07) is 5.46. The summed E-state index contributed by atoms with van der Waals surface area (Å²) in [6.07, 6.45) is 0.153. The van der Waals surface area contributed by atoms with E-state index in [1.807, 2.05) is 0 Å². The summed E-state index contributed by atoms with van der Waals surface area (Å²) < 4.78 is 12.7. The SMILES string of the molecule is CN(CCC(=O)O)C(=O)CCSCC(=O)Nc1ccc(F)cc1. The van der Waals surface area contributed by atoms with E-state index in [0.29, 0.717) is 11.4 Å². The highest BCUT2D eigenvalue weighted by molar-refractivity contribution is 7.99. The Hall–Kier alpha value is -2.09. The van der Waals surface area contributed by atoms with Crippen LogP contribution in [0.15, 0.2) is 24.3 Å². The van der Waals surface area contributed by atoms with Gasteiger partial charge in [0.15, 0.2) is 0 Å².